The molecule has 84 valence electrons. The van der Waals surface area contributed by atoms with E-state index in [-0.39, 0.29) is 0 Å². The number of nitrogens with two attached hydrogens (primary N) is 1. The largest absolute Gasteiger partial charge is 0.401 e. The highest BCUT2D eigenvalue weighted by Crippen LogP contribution is 2.21. The van der Waals surface area contributed by atoms with Crippen LogP contribution >= 0.6 is 11.6 Å². The van der Waals surface area contributed by atoms with E-state index >= 15 is 0 Å². The van der Waals surface area contributed by atoms with Gasteiger partial charge in [0.05, 0.1) is 11.6 Å². The molecule has 0 atom stereocenters. The van der Waals surface area contributed by atoms with E-state index in [1.807, 2.05) is 12.3 Å². The first-order chi connectivity index (χ1) is 7.15. The Morgan fingerprint density at radius 3 is 2.67 bits per heavy atom. The van der Waals surface area contributed by atoms with E-state index in [1.54, 1.807) is 0 Å². The van der Waals surface area contributed by atoms with Gasteiger partial charge in [-0.2, -0.15) is 0 Å². The molecular weight excluding hydrogens is 210 g/mol. The van der Waals surface area contributed by atoms with Gasteiger partial charge in [-0.15, -0.1) is 0 Å². The highest BCUT2D eigenvalue weighted by Gasteiger charge is 2.23. The molecule has 0 saturated carbocycles. The Morgan fingerprint density at radius 1 is 1.40 bits per heavy atom. The van der Waals surface area contributed by atoms with Crippen LogP contribution in [0.5, 0.6) is 0 Å². The Morgan fingerprint density at radius 2 is 2.07 bits per heavy atom. The first-order valence-corrected chi connectivity index (χ1v) is 5.80. The normalized spacial score (nSPS) is 25.1. The van der Waals surface area contributed by atoms with Crippen molar-refractivity contribution in [2.24, 2.45) is 5.73 Å². The molecule has 0 aliphatic carbocycles. The molecule has 1 fully saturated rings. The van der Waals surface area contributed by atoms with Gasteiger partial charge < -0.3 is 15.5 Å². The smallest absolute Gasteiger partial charge is 0.0582 e. The summed E-state index contributed by atoms with van der Waals surface area (Å²) >= 11 is 6.01. The zero-order chi connectivity index (χ0) is 10.8. The molecule has 0 aromatic heterocycles. The lowest BCUT2D eigenvalue weighted by Crippen LogP contribution is -2.43. The van der Waals surface area contributed by atoms with Crippen LogP contribution in [0.1, 0.15) is 12.8 Å². The fourth-order valence-electron chi connectivity index (χ4n) is 2.24. The van der Waals surface area contributed by atoms with E-state index in [0.717, 1.165) is 30.4 Å². The first-order valence-electron chi connectivity index (χ1n) is 5.43. The van der Waals surface area contributed by atoms with E-state index in [0.29, 0.717) is 6.04 Å². The van der Waals surface area contributed by atoms with Gasteiger partial charge >= 0.3 is 0 Å². The van der Waals surface area contributed by atoms with Crippen LogP contribution in [0.2, 0.25) is 0 Å². The maximum Gasteiger partial charge on any atom is 0.0582 e. The molecule has 15 heavy (non-hydrogen) atoms. The fraction of sp³-hybridized carbons (Fsp3) is 0.636. The van der Waals surface area contributed by atoms with Gasteiger partial charge in [0.25, 0.3) is 0 Å². The van der Waals surface area contributed by atoms with Crippen LogP contribution in [-0.2, 0) is 0 Å². The number of likely N-dealkylation sites (tertiary alicyclic amines) is 1. The number of rotatable bonds is 1. The molecule has 2 aliphatic heterocycles. The fourth-order valence-corrected chi connectivity index (χ4v) is 2.50. The molecule has 4 heteroatoms. The minimum atomic E-state index is 0.599. The standard InChI is InChI=1S/C11H18ClN3/c1-14-4-2-11(3-5-14)15-7-9(12)6-10(13)8-15/h6-7,11H,2-5,8,13H2,1H3. The zero-order valence-corrected chi connectivity index (χ0v) is 9.87. The van der Waals surface area contributed by atoms with Gasteiger partial charge in [0.2, 0.25) is 0 Å². The van der Waals surface area contributed by atoms with Crippen molar-refractivity contribution in [1.82, 2.24) is 9.80 Å². The van der Waals surface area contributed by atoms with Gasteiger partial charge in [0, 0.05) is 17.9 Å². The predicted octanol–water partition coefficient (Wildman–Crippen LogP) is 1.32. The summed E-state index contributed by atoms with van der Waals surface area (Å²) in [6.45, 7) is 3.15. The summed E-state index contributed by atoms with van der Waals surface area (Å²) in [5.74, 6) is 0. The Bertz CT molecular complexity index is 290. The van der Waals surface area contributed by atoms with Crippen LogP contribution in [0.25, 0.3) is 0 Å². The van der Waals surface area contributed by atoms with Crippen molar-refractivity contribution in [3.63, 3.8) is 0 Å². The summed E-state index contributed by atoms with van der Waals surface area (Å²) in [5, 5.41) is 0.748. The summed E-state index contributed by atoms with van der Waals surface area (Å²) in [6, 6.07) is 0.599. The van der Waals surface area contributed by atoms with Crippen LogP contribution in [0.15, 0.2) is 23.0 Å². The SMILES string of the molecule is CN1CCC(N2C=C(Cl)C=C(N)C2)CC1. The van der Waals surface area contributed by atoms with Crippen LogP contribution in [0.3, 0.4) is 0 Å². The maximum absolute atomic E-state index is 6.01. The van der Waals surface area contributed by atoms with E-state index < -0.39 is 0 Å². The third kappa shape index (κ3) is 2.67. The Hall–Kier alpha value is -0.670. The Balaban J connectivity index is 1.98. The van der Waals surface area contributed by atoms with Gasteiger partial charge in [0.15, 0.2) is 0 Å². The Labute approximate surface area is 96.2 Å². The van der Waals surface area contributed by atoms with E-state index in [1.165, 1.54) is 12.8 Å². The van der Waals surface area contributed by atoms with Crippen LogP contribution in [0.4, 0.5) is 0 Å². The van der Waals surface area contributed by atoms with Crippen molar-refractivity contribution in [2.75, 3.05) is 26.7 Å². The second-order valence-electron chi connectivity index (χ2n) is 4.44. The number of hydrogen-bond donors (Lipinski definition) is 1. The maximum atomic E-state index is 6.01. The highest BCUT2D eigenvalue weighted by atomic mass is 35.5. The summed E-state index contributed by atoms with van der Waals surface area (Å²) < 4.78 is 0. The molecule has 0 aromatic rings. The van der Waals surface area contributed by atoms with Crippen molar-refractivity contribution >= 4 is 11.6 Å². The van der Waals surface area contributed by atoms with E-state index in [4.69, 9.17) is 17.3 Å². The number of halogens is 1. The second-order valence-corrected chi connectivity index (χ2v) is 4.88. The third-order valence-electron chi connectivity index (χ3n) is 3.13. The monoisotopic (exact) mass is 227 g/mol. The van der Waals surface area contributed by atoms with Gasteiger partial charge in [-0.3, -0.25) is 0 Å². The molecule has 1 saturated heterocycles. The minimum Gasteiger partial charge on any atom is -0.401 e. The number of piperidine rings is 1. The molecule has 0 radical (unpaired) electrons. The molecule has 0 aromatic carbocycles. The molecule has 0 unspecified atom stereocenters. The average molecular weight is 228 g/mol. The van der Waals surface area contributed by atoms with E-state index in [9.17, 15) is 0 Å². The molecule has 0 spiro atoms. The second kappa shape index (κ2) is 4.45. The quantitative estimate of drug-likeness (QED) is 0.734. The number of nitrogens with zero attached hydrogens (tertiary/aromatic N) is 2. The average Bonchev–Trinajstić information content (AvgIpc) is 2.17. The highest BCUT2D eigenvalue weighted by molar-refractivity contribution is 6.31. The molecule has 0 bridgehead atoms. The third-order valence-corrected chi connectivity index (χ3v) is 3.34. The predicted molar refractivity (Wildman–Crippen MR) is 63.4 cm³/mol. The molecule has 2 rings (SSSR count). The molecule has 2 heterocycles. The van der Waals surface area contributed by atoms with Crippen LogP contribution in [-0.4, -0.2) is 42.5 Å². The lowest BCUT2D eigenvalue weighted by molar-refractivity contribution is 0.166. The molecule has 0 amide bonds. The summed E-state index contributed by atoms with van der Waals surface area (Å²) in [5.41, 5.74) is 6.70. The van der Waals surface area contributed by atoms with Crippen LogP contribution in [0, 0.1) is 0 Å². The molecule has 2 N–H and O–H groups in total. The molecule has 2 aliphatic rings. The number of allylic oxidation sites excluding steroid dienone is 2. The lowest BCUT2D eigenvalue weighted by Gasteiger charge is -2.38. The lowest BCUT2D eigenvalue weighted by atomic mass is 10.0. The topological polar surface area (TPSA) is 32.5 Å². The summed E-state index contributed by atoms with van der Waals surface area (Å²) in [7, 11) is 2.17. The van der Waals surface area contributed by atoms with Crippen molar-refractivity contribution in [1.29, 1.82) is 0 Å². The van der Waals surface area contributed by atoms with Gasteiger partial charge in [-0.1, -0.05) is 11.6 Å². The van der Waals surface area contributed by atoms with Crippen LogP contribution < -0.4 is 5.73 Å². The molecular formula is C11H18ClN3. The molecule has 3 nitrogen and oxygen atoms in total. The summed E-state index contributed by atoms with van der Waals surface area (Å²) in [4.78, 5) is 4.65. The van der Waals surface area contributed by atoms with Gasteiger partial charge in [-0.05, 0) is 39.1 Å². The van der Waals surface area contributed by atoms with Crippen molar-refractivity contribution in [3.8, 4) is 0 Å². The van der Waals surface area contributed by atoms with Gasteiger partial charge in [0.1, 0.15) is 0 Å². The zero-order valence-electron chi connectivity index (χ0n) is 9.12. The van der Waals surface area contributed by atoms with E-state index in [2.05, 4.69) is 16.8 Å². The van der Waals surface area contributed by atoms with Crippen molar-refractivity contribution in [2.45, 2.75) is 18.9 Å². The Kier molecular flexibility index (Phi) is 3.22. The minimum absolute atomic E-state index is 0.599. The van der Waals surface area contributed by atoms with Crippen molar-refractivity contribution in [3.05, 3.63) is 23.0 Å². The first kappa shape index (κ1) is 10.8. The number of hydrogen-bond acceptors (Lipinski definition) is 3. The summed E-state index contributed by atoms with van der Waals surface area (Å²) in [6.07, 6.45) is 6.26. The van der Waals surface area contributed by atoms with Gasteiger partial charge in [-0.25, -0.2) is 0 Å². The van der Waals surface area contributed by atoms with Crippen molar-refractivity contribution < 1.29 is 0 Å².